The quantitative estimate of drug-likeness (QED) is 0.944. The molecule has 0 bridgehead atoms. The Labute approximate surface area is 130 Å². The number of nitrogens with zero attached hydrogens (tertiary/aromatic N) is 3. The molecule has 2 aromatic rings. The van der Waals surface area contributed by atoms with Crippen LogP contribution in [-0.4, -0.2) is 33.7 Å². The number of benzene rings is 1. The molecular formula is C17H22N4O. The van der Waals surface area contributed by atoms with E-state index in [1.54, 1.807) is 16.9 Å². The van der Waals surface area contributed by atoms with E-state index in [2.05, 4.69) is 15.3 Å². The highest BCUT2D eigenvalue weighted by atomic mass is 16.1. The molecule has 0 atom stereocenters. The second kappa shape index (κ2) is 6.75. The van der Waals surface area contributed by atoms with Crippen molar-refractivity contribution in [2.45, 2.75) is 25.8 Å². The van der Waals surface area contributed by atoms with Crippen LogP contribution in [0.1, 0.15) is 35.2 Å². The lowest BCUT2D eigenvalue weighted by Crippen LogP contribution is -2.29. The van der Waals surface area contributed by atoms with Gasteiger partial charge in [0.15, 0.2) is 5.82 Å². The van der Waals surface area contributed by atoms with Gasteiger partial charge in [0.05, 0.1) is 0 Å². The van der Waals surface area contributed by atoms with Crippen LogP contribution in [0.25, 0.3) is 0 Å². The second-order valence-corrected chi connectivity index (χ2v) is 5.86. The Morgan fingerprint density at radius 1 is 1.14 bits per heavy atom. The highest BCUT2D eigenvalue weighted by molar-refractivity contribution is 6.03. The van der Waals surface area contributed by atoms with Gasteiger partial charge in [-0.15, -0.1) is 0 Å². The monoisotopic (exact) mass is 298 g/mol. The van der Waals surface area contributed by atoms with Crippen molar-refractivity contribution in [3.8, 4) is 0 Å². The van der Waals surface area contributed by atoms with E-state index in [0.29, 0.717) is 11.4 Å². The van der Waals surface area contributed by atoms with Crippen molar-refractivity contribution in [1.82, 2.24) is 14.7 Å². The van der Waals surface area contributed by atoms with Gasteiger partial charge in [0.1, 0.15) is 0 Å². The summed E-state index contributed by atoms with van der Waals surface area (Å²) in [4.78, 5) is 14.6. The summed E-state index contributed by atoms with van der Waals surface area (Å²) in [6.07, 6.45) is 5.75. The first-order valence-electron chi connectivity index (χ1n) is 7.83. The highest BCUT2D eigenvalue weighted by Gasteiger charge is 2.11. The van der Waals surface area contributed by atoms with E-state index in [0.717, 1.165) is 6.54 Å². The van der Waals surface area contributed by atoms with Gasteiger partial charge in [-0.05, 0) is 43.6 Å². The Balaban J connectivity index is 1.59. The SMILES string of the molecule is Cn1ccc(NC(=O)c2ccc(CN3CCCCC3)cc2)n1. The van der Waals surface area contributed by atoms with Crippen LogP contribution < -0.4 is 5.32 Å². The molecule has 1 aromatic heterocycles. The summed E-state index contributed by atoms with van der Waals surface area (Å²) in [5, 5.41) is 6.95. The first-order chi connectivity index (χ1) is 10.7. The summed E-state index contributed by atoms with van der Waals surface area (Å²) in [5.41, 5.74) is 1.92. The van der Waals surface area contributed by atoms with Gasteiger partial charge in [-0.2, -0.15) is 5.10 Å². The molecule has 3 rings (SSSR count). The molecular weight excluding hydrogens is 276 g/mol. The molecule has 0 saturated carbocycles. The summed E-state index contributed by atoms with van der Waals surface area (Å²) < 4.78 is 1.66. The summed E-state index contributed by atoms with van der Waals surface area (Å²) >= 11 is 0. The zero-order valence-electron chi connectivity index (χ0n) is 13.0. The van der Waals surface area contributed by atoms with Gasteiger partial charge in [-0.3, -0.25) is 14.4 Å². The van der Waals surface area contributed by atoms with Crippen molar-refractivity contribution in [2.24, 2.45) is 7.05 Å². The maximum atomic E-state index is 12.2. The van der Waals surface area contributed by atoms with Crippen LogP contribution in [0.15, 0.2) is 36.5 Å². The van der Waals surface area contributed by atoms with Crippen LogP contribution in [0, 0.1) is 0 Å². The maximum Gasteiger partial charge on any atom is 0.256 e. The van der Waals surface area contributed by atoms with Gasteiger partial charge in [0, 0.05) is 31.4 Å². The molecule has 116 valence electrons. The van der Waals surface area contributed by atoms with Crippen LogP contribution >= 0.6 is 0 Å². The molecule has 1 N–H and O–H groups in total. The first-order valence-corrected chi connectivity index (χ1v) is 7.83. The van der Waals surface area contributed by atoms with Gasteiger partial charge >= 0.3 is 0 Å². The number of rotatable bonds is 4. The molecule has 0 aliphatic carbocycles. The van der Waals surface area contributed by atoms with E-state index < -0.39 is 0 Å². The van der Waals surface area contributed by atoms with E-state index in [4.69, 9.17) is 0 Å². The summed E-state index contributed by atoms with van der Waals surface area (Å²) in [5.74, 6) is 0.452. The molecule has 0 unspecified atom stereocenters. The third-order valence-corrected chi connectivity index (χ3v) is 4.03. The highest BCUT2D eigenvalue weighted by Crippen LogP contribution is 2.14. The Morgan fingerprint density at radius 3 is 2.50 bits per heavy atom. The van der Waals surface area contributed by atoms with Crippen molar-refractivity contribution < 1.29 is 4.79 Å². The lowest BCUT2D eigenvalue weighted by Gasteiger charge is -2.26. The third kappa shape index (κ3) is 3.74. The molecule has 0 radical (unpaired) electrons. The molecule has 5 heteroatoms. The average Bonchev–Trinajstić information content (AvgIpc) is 2.94. The standard InChI is InChI=1S/C17H22N4O/c1-20-12-9-16(19-20)18-17(22)15-7-5-14(6-8-15)13-21-10-3-2-4-11-21/h5-9,12H,2-4,10-11,13H2,1H3,(H,18,19,22). The first kappa shape index (κ1) is 14.8. The smallest absolute Gasteiger partial charge is 0.256 e. The Hall–Kier alpha value is -2.14. The minimum absolute atomic E-state index is 0.122. The van der Waals surface area contributed by atoms with Gasteiger partial charge in [0.25, 0.3) is 5.91 Å². The molecule has 1 aliphatic rings. The summed E-state index contributed by atoms with van der Waals surface area (Å²) in [6.45, 7) is 3.34. The fourth-order valence-electron chi connectivity index (χ4n) is 2.81. The maximum absolute atomic E-state index is 12.2. The van der Waals surface area contributed by atoms with Crippen molar-refractivity contribution in [3.63, 3.8) is 0 Å². The number of anilines is 1. The zero-order chi connectivity index (χ0) is 15.4. The van der Waals surface area contributed by atoms with Gasteiger partial charge < -0.3 is 5.32 Å². The summed E-state index contributed by atoms with van der Waals surface area (Å²) in [7, 11) is 1.82. The number of amides is 1. The lowest BCUT2D eigenvalue weighted by atomic mass is 10.1. The van der Waals surface area contributed by atoms with E-state index in [9.17, 15) is 4.79 Å². The molecule has 0 spiro atoms. The van der Waals surface area contributed by atoms with Crippen molar-refractivity contribution in [2.75, 3.05) is 18.4 Å². The largest absolute Gasteiger partial charge is 0.305 e. The van der Waals surface area contributed by atoms with E-state index in [1.807, 2.05) is 31.3 Å². The van der Waals surface area contributed by atoms with E-state index in [1.165, 1.54) is 37.9 Å². The molecule has 1 saturated heterocycles. The van der Waals surface area contributed by atoms with Crippen LogP contribution in [0.4, 0.5) is 5.82 Å². The van der Waals surface area contributed by atoms with Crippen LogP contribution in [0.2, 0.25) is 0 Å². The number of piperidine rings is 1. The van der Waals surface area contributed by atoms with Crippen molar-refractivity contribution >= 4 is 11.7 Å². The molecule has 1 aromatic carbocycles. The molecule has 5 nitrogen and oxygen atoms in total. The fraction of sp³-hybridized carbons (Fsp3) is 0.412. The predicted octanol–water partition coefficient (Wildman–Crippen LogP) is 2.66. The minimum Gasteiger partial charge on any atom is -0.305 e. The fourth-order valence-corrected chi connectivity index (χ4v) is 2.81. The number of nitrogens with one attached hydrogen (secondary N) is 1. The van der Waals surface area contributed by atoms with E-state index >= 15 is 0 Å². The van der Waals surface area contributed by atoms with Gasteiger partial charge in [-0.1, -0.05) is 18.6 Å². The zero-order valence-corrected chi connectivity index (χ0v) is 13.0. The van der Waals surface area contributed by atoms with E-state index in [-0.39, 0.29) is 5.91 Å². The summed E-state index contributed by atoms with van der Waals surface area (Å²) in [6, 6.07) is 9.64. The van der Waals surface area contributed by atoms with Crippen LogP contribution in [0.3, 0.4) is 0 Å². The molecule has 1 fully saturated rings. The Kier molecular flexibility index (Phi) is 4.53. The molecule has 1 aliphatic heterocycles. The number of hydrogen-bond donors (Lipinski definition) is 1. The van der Waals surface area contributed by atoms with Crippen LogP contribution in [-0.2, 0) is 13.6 Å². The number of aromatic nitrogens is 2. The van der Waals surface area contributed by atoms with Crippen molar-refractivity contribution in [3.05, 3.63) is 47.7 Å². The predicted molar refractivity (Wildman–Crippen MR) is 86.7 cm³/mol. The molecule has 1 amide bonds. The number of aryl methyl sites for hydroxylation is 1. The topological polar surface area (TPSA) is 50.2 Å². The minimum atomic E-state index is -0.122. The molecule has 2 heterocycles. The van der Waals surface area contributed by atoms with Gasteiger partial charge in [-0.25, -0.2) is 0 Å². The van der Waals surface area contributed by atoms with Gasteiger partial charge in [0.2, 0.25) is 0 Å². The average molecular weight is 298 g/mol. The normalized spacial score (nSPS) is 15.7. The Morgan fingerprint density at radius 2 is 1.86 bits per heavy atom. The number of hydrogen-bond acceptors (Lipinski definition) is 3. The van der Waals surface area contributed by atoms with Crippen molar-refractivity contribution in [1.29, 1.82) is 0 Å². The third-order valence-electron chi connectivity index (χ3n) is 4.03. The lowest BCUT2D eigenvalue weighted by molar-refractivity contribution is 0.102. The number of carbonyl (C=O) groups excluding carboxylic acids is 1. The second-order valence-electron chi connectivity index (χ2n) is 5.86. The van der Waals surface area contributed by atoms with Crippen LogP contribution in [0.5, 0.6) is 0 Å². The molecule has 22 heavy (non-hydrogen) atoms. The number of likely N-dealkylation sites (tertiary alicyclic amines) is 1. The Bertz CT molecular complexity index is 626. The number of carbonyl (C=O) groups is 1.